The number of hydrogen-bond donors (Lipinski definition) is 0. The monoisotopic (exact) mass is 339 g/mol. The summed E-state index contributed by atoms with van der Waals surface area (Å²) in [6.07, 6.45) is 2.28. The van der Waals surface area contributed by atoms with E-state index in [4.69, 9.17) is 0 Å². The molecule has 1 aromatic rings. The third-order valence-corrected chi connectivity index (χ3v) is 6.50. The van der Waals surface area contributed by atoms with Gasteiger partial charge < -0.3 is 14.7 Å². The molecule has 2 aliphatic heterocycles. The van der Waals surface area contributed by atoms with Crippen LogP contribution in [0.2, 0.25) is 0 Å². The van der Waals surface area contributed by atoms with E-state index in [-0.39, 0.29) is 17.5 Å². The van der Waals surface area contributed by atoms with E-state index in [0.29, 0.717) is 6.42 Å². The first-order chi connectivity index (χ1) is 11.0. The highest BCUT2D eigenvalue weighted by Crippen LogP contribution is 2.25. The summed E-state index contributed by atoms with van der Waals surface area (Å²) in [6, 6.07) is 2.03. The molecule has 0 bridgehead atoms. The van der Waals surface area contributed by atoms with Gasteiger partial charge >= 0.3 is 0 Å². The van der Waals surface area contributed by atoms with Gasteiger partial charge in [0.2, 0.25) is 0 Å². The average Bonchev–Trinajstić information content (AvgIpc) is 2.89. The Hall–Kier alpha value is -1.41. The Morgan fingerprint density at radius 1 is 1.26 bits per heavy atom. The van der Waals surface area contributed by atoms with Gasteiger partial charge in [-0.3, -0.25) is 0 Å². The van der Waals surface area contributed by atoms with Gasteiger partial charge in [-0.2, -0.15) is 0 Å². The van der Waals surface area contributed by atoms with Gasteiger partial charge in [-0.1, -0.05) is 0 Å². The first kappa shape index (κ1) is 16.4. The van der Waals surface area contributed by atoms with Gasteiger partial charge in [0, 0.05) is 44.8 Å². The summed E-state index contributed by atoms with van der Waals surface area (Å²) in [5.74, 6) is 2.28. The normalized spacial score (nSPS) is 24.8. The smallest absolute Gasteiger partial charge is 0.152 e. The summed E-state index contributed by atoms with van der Waals surface area (Å²) in [5, 5.41) is 0. The van der Waals surface area contributed by atoms with Crippen molar-refractivity contribution in [3.63, 3.8) is 0 Å². The summed E-state index contributed by atoms with van der Waals surface area (Å²) < 4.78 is 23.5. The fraction of sp³-hybridized carbons (Fsp3) is 0.733. The molecular weight excluding hydrogens is 314 g/mol. The first-order valence-corrected chi connectivity index (χ1v) is 10.0. The SMILES string of the molecule is CCN(c1cc(N2CCN(C)CC2)ncn1)C1CCS(=O)(=O)C1. The van der Waals surface area contributed by atoms with E-state index in [2.05, 4.69) is 31.7 Å². The molecule has 0 saturated carbocycles. The van der Waals surface area contributed by atoms with E-state index >= 15 is 0 Å². The molecule has 0 N–H and O–H groups in total. The Kier molecular flexibility index (Phi) is 4.72. The van der Waals surface area contributed by atoms with Gasteiger partial charge in [-0.15, -0.1) is 0 Å². The standard InChI is InChI=1S/C15H25N5O2S/c1-3-20(13-4-9-23(21,22)11-13)15-10-14(16-12-17-15)19-7-5-18(2)6-8-19/h10,12-13H,3-9,11H2,1-2H3. The van der Waals surface area contributed by atoms with Crippen LogP contribution in [0.15, 0.2) is 12.4 Å². The lowest BCUT2D eigenvalue weighted by Gasteiger charge is -2.34. The summed E-state index contributed by atoms with van der Waals surface area (Å²) >= 11 is 0. The lowest BCUT2D eigenvalue weighted by atomic mass is 10.2. The number of piperazine rings is 1. The van der Waals surface area contributed by atoms with Crippen LogP contribution in [-0.4, -0.2) is 80.6 Å². The Bertz CT molecular complexity index is 643. The van der Waals surface area contributed by atoms with Gasteiger partial charge in [-0.05, 0) is 20.4 Å². The number of likely N-dealkylation sites (N-methyl/N-ethyl adjacent to an activating group) is 1. The molecule has 7 nitrogen and oxygen atoms in total. The zero-order valence-electron chi connectivity index (χ0n) is 13.8. The molecular formula is C15H25N5O2S. The number of anilines is 2. The van der Waals surface area contributed by atoms with Crippen molar-refractivity contribution in [2.24, 2.45) is 0 Å². The Morgan fingerprint density at radius 3 is 2.61 bits per heavy atom. The number of aromatic nitrogens is 2. The van der Waals surface area contributed by atoms with Crippen LogP contribution in [0, 0.1) is 0 Å². The molecule has 1 unspecified atom stereocenters. The molecule has 1 atom stereocenters. The molecule has 0 amide bonds. The van der Waals surface area contributed by atoms with Crippen molar-refractivity contribution >= 4 is 21.5 Å². The third kappa shape index (κ3) is 3.74. The van der Waals surface area contributed by atoms with E-state index in [1.54, 1.807) is 6.33 Å². The highest BCUT2D eigenvalue weighted by atomic mass is 32.2. The molecule has 2 saturated heterocycles. The molecule has 0 radical (unpaired) electrons. The molecule has 8 heteroatoms. The highest BCUT2D eigenvalue weighted by Gasteiger charge is 2.32. The largest absolute Gasteiger partial charge is 0.354 e. The van der Waals surface area contributed by atoms with Crippen molar-refractivity contribution in [1.82, 2.24) is 14.9 Å². The molecule has 1 aromatic heterocycles. The molecule has 3 heterocycles. The summed E-state index contributed by atoms with van der Waals surface area (Å²) in [6.45, 7) is 6.76. The van der Waals surface area contributed by atoms with Crippen molar-refractivity contribution in [3.05, 3.63) is 12.4 Å². The number of hydrogen-bond acceptors (Lipinski definition) is 7. The number of sulfone groups is 1. The summed E-state index contributed by atoms with van der Waals surface area (Å²) in [7, 11) is -0.769. The van der Waals surface area contributed by atoms with Crippen LogP contribution in [0.3, 0.4) is 0 Å². The predicted octanol–water partition coefficient (Wildman–Crippen LogP) is 0.242. The third-order valence-electron chi connectivity index (χ3n) is 4.75. The molecule has 3 rings (SSSR count). The van der Waals surface area contributed by atoms with Gasteiger partial charge in [0.25, 0.3) is 0 Å². The van der Waals surface area contributed by atoms with Gasteiger partial charge in [0.15, 0.2) is 9.84 Å². The van der Waals surface area contributed by atoms with E-state index in [0.717, 1.165) is 44.4 Å². The van der Waals surface area contributed by atoms with Crippen molar-refractivity contribution in [2.75, 3.05) is 61.1 Å². The second-order valence-electron chi connectivity index (χ2n) is 6.37. The molecule has 2 aliphatic rings. The fourth-order valence-corrected chi connectivity index (χ4v) is 5.06. The number of nitrogens with zero attached hydrogens (tertiary/aromatic N) is 5. The zero-order chi connectivity index (χ0) is 16.4. The van der Waals surface area contributed by atoms with E-state index < -0.39 is 9.84 Å². The summed E-state index contributed by atoms with van der Waals surface area (Å²) in [5.41, 5.74) is 0. The van der Waals surface area contributed by atoms with Crippen molar-refractivity contribution in [2.45, 2.75) is 19.4 Å². The lowest BCUT2D eigenvalue weighted by molar-refractivity contribution is 0.312. The molecule has 0 aromatic carbocycles. The lowest BCUT2D eigenvalue weighted by Crippen LogP contribution is -2.45. The van der Waals surface area contributed by atoms with Gasteiger partial charge in [-0.25, -0.2) is 18.4 Å². The quantitative estimate of drug-likeness (QED) is 0.778. The van der Waals surface area contributed by atoms with Crippen LogP contribution in [-0.2, 0) is 9.84 Å². The van der Waals surface area contributed by atoms with Crippen LogP contribution in [0.5, 0.6) is 0 Å². The predicted molar refractivity (Wildman–Crippen MR) is 91.8 cm³/mol. The minimum Gasteiger partial charge on any atom is -0.354 e. The maximum absolute atomic E-state index is 11.8. The van der Waals surface area contributed by atoms with Crippen LogP contribution >= 0.6 is 0 Å². The molecule has 0 spiro atoms. The van der Waals surface area contributed by atoms with Gasteiger partial charge in [0.1, 0.15) is 18.0 Å². The van der Waals surface area contributed by atoms with Crippen LogP contribution in [0.4, 0.5) is 11.6 Å². The maximum atomic E-state index is 11.8. The minimum absolute atomic E-state index is 0.0280. The zero-order valence-corrected chi connectivity index (χ0v) is 14.7. The van der Waals surface area contributed by atoms with Crippen LogP contribution in [0.1, 0.15) is 13.3 Å². The molecule has 2 fully saturated rings. The van der Waals surface area contributed by atoms with E-state index in [1.165, 1.54) is 0 Å². The Morgan fingerprint density at radius 2 is 2.00 bits per heavy atom. The number of rotatable bonds is 4. The van der Waals surface area contributed by atoms with Crippen molar-refractivity contribution in [3.8, 4) is 0 Å². The molecule has 128 valence electrons. The van der Waals surface area contributed by atoms with Crippen molar-refractivity contribution < 1.29 is 8.42 Å². The highest BCUT2D eigenvalue weighted by molar-refractivity contribution is 7.91. The maximum Gasteiger partial charge on any atom is 0.152 e. The van der Waals surface area contributed by atoms with E-state index in [9.17, 15) is 8.42 Å². The summed E-state index contributed by atoms with van der Waals surface area (Å²) in [4.78, 5) is 15.5. The first-order valence-electron chi connectivity index (χ1n) is 8.21. The Labute approximate surface area is 138 Å². The molecule has 0 aliphatic carbocycles. The van der Waals surface area contributed by atoms with Crippen molar-refractivity contribution in [1.29, 1.82) is 0 Å². The second kappa shape index (κ2) is 6.60. The minimum atomic E-state index is -2.90. The van der Waals surface area contributed by atoms with Crippen LogP contribution in [0.25, 0.3) is 0 Å². The topological polar surface area (TPSA) is 69.6 Å². The van der Waals surface area contributed by atoms with E-state index in [1.807, 2.05) is 13.0 Å². The Balaban J connectivity index is 1.78. The average molecular weight is 339 g/mol. The van der Waals surface area contributed by atoms with Crippen LogP contribution < -0.4 is 9.80 Å². The van der Waals surface area contributed by atoms with Gasteiger partial charge in [0.05, 0.1) is 11.5 Å². The molecule has 23 heavy (non-hydrogen) atoms. The fourth-order valence-electron chi connectivity index (χ4n) is 3.33. The second-order valence-corrected chi connectivity index (χ2v) is 8.60.